The fraction of sp³-hybridized carbons (Fsp3) is 0.439. The number of aliphatic carboxylic acids is 2. The molecule has 0 spiro atoms. The maximum absolute atomic E-state index is 13.8. The van der Waals surface area contributed by atoms with Gasteiger partial charge in [0.15, 0.2) is 0 Å². The topological polar surface area (TPSA) is 255 Å². The molecule has 0 aromatic heterocycles. The number of carbonyl (C=O) groups is 7. The molecule has 3 aromatic carbocycles. The van der Waals surface area contributed by atoms with E-state index in [-0.39, 0.29) is 51.2 Å². The number of benzene rings is 3. The van der Waals surface area contributed by atoms with Crippen LogP contribution in [0.25, 0.3) is 10.8 Å². The average molecular weight is 816 g/mol. The van der Waals surface area contributed by atoms with Gasteiger partial charge in [0.2, 0.25) is 17.7 Å². The minimum atomic E-state index is -1.38. The van der Waals surface area contributed by atoms with Crippen molar-refractivity contribution in [1.29, 1.82) is 0 Å². The molecule has 58 heavy (non-hydrogen) atoms. The Bertz CT molecular complexity index is 1940. The molecule has 17 heteroatoms. The molecule has 0 unspecified atom stereocenters. The van der Waals surface area contributed by atoms with E-state index in [0.29, 0.717) is 38.5 Å². The number of amides is 5. The smallest absolute Gasteiger partial charge is 0.326 e. The Morgan fingerprint density at radius 2 is 1.50 bits per heavy atom. The molecule has 9 N–H and O–H groups in total. The van der Waals surface area contributed by atoms with Crippen molar-refractivity contribution >= 4 is 67.5 Å². The third-order valence-corrected chi connectivity index (χ3v) is 11.4. The van der Waals surface area contributed by atoms with Crippen molar-refractivity contribution in [3.8, 4) is 0 Å². The molecule has 0 fully saturated rings. The molecule has 3 aromatic rings. The number of nitrogens with one attached hydrogen (secondary N) is 3. The lowest BCUT2D eigenvalue weighted by Gasteiger charge is -2.30. The lowest BCUT2D eigenvalue weighted by Crippen LogP contribution is -2.53. The zero-order valence-electron chi connectivity index (χ0n) is 32.9. The van der Waals surface area contributed by atoms with Gasteiger partial charge in [-0.05, 0) is 68.3 Å². The quantitative estimate of drug-likeness (QED) is 0.0389. The minimum Gasteiger partial charge on any atom is -0.481 e. The van der Waals surface area contributed by atoms with Gasteiger partial charge in [0.1, 0.15) is 12.1 Å². The van der Waals surface area contributed by atoms with Crippen LogP contribution in [0.4, 0.5) is 5.69 Å². The summed E-state index contributed by atoms with van der Waals surface area (Å²) >= 11 is 0. The van der Waals surface area contributed by atoms with E-state index in [4.69, 9.17) is 16.6 Å². The second kappa shape index (κ2) is 21.8. The highest BCUT2D eigenvalue weighted by molar-refractivity contribution is 6.35. The van der Waals surface area contributed by atoms with Gasteiger partial charge in [0.05, 0.1) is 6.04 Å². The van der Waals surface area contributed by atoms with Gasteiger partial charge < -0.3 is 42.5 Å². The number of nitrogens with zero attached hydrogens (tertiary/aromatic N) is 2. The summed E-state index contributed by atoms with van der Waals surface area (Å²) in [5.74, 6) is -5.51. The summed E-state index contributed by atoms with van der Waals surface area (Å²) in [4.78, 5) is 92.3. The van der Waals surface area contributed by atoms with Crippen LogP contribution in [0, 0.1) is 0 Å². The third-order valence-electron chi connectivity index (χ3n) is 9.91. The van der Waals surface area contributed by atoms with E-state index in [9.17, 15) is 38.7 Å². The summed E-state index contributed by atoms with van der Waals surface area (Å²) < 4.78 is 0. The van der Waals surface area contributed by atoms with Crippen LogP contribution in [0.3, 0.4) is 0 Å². The number of carbonyl (C=O) groups excluding carboxylic acids is 5. The first-order valence-corrected chi connectivity index (χ1v) is 20.8. The molecule has 5 amide bonds. The number of aryl methyl sites for hydroxylation is 1. The number of carboxylic acid groups (broad SMARTS) is 2. The van der Waals surface area contributed by atoms with Gasteiger partial charge in [-0.15, -0.1) is 0 Å². The third kappa shape index (κ3) is 12.7. The van der Waals surface area contributed by atoms with Crippen molar-refractivity contribution in [2.24, 2.45) is 11.5 Å². The maximum atomic E-state index is 13.8. The molecule has 0 saturated heterocycles. The van der Waals surface area contributed by atoms with Crippen LogP contribution < -0.4 is 32.3 Å². The van der Waals surface area contributed by atoms with Gasteiger partial charge >= 0.3 is 11.9 Å². The van der Waals surface area contributed by atoms with Crippen LogP contribution in [0.1, 0.15) is 71.2 Å². The van der Waals surface area contributed by atoms with Gasteiger partial charge in [-0.2, -0.15) is 0 Å². The Morgan fingerprint density at radius 1 is 0.793 bits per heavy atom. The standard InChI is InChI=1S/C41H53N7O9Si/c1-47(2)33-17-16-29-36-27(33)10-6-11-28(36)39(54)48(40(29)55)22-19-31(38(53)44-21-18-32(41(56)57)45-34(49)12-7-13-35(50)51)46-37(52)30(43)20-23-58-24-26(42)15-14-25-8-4-3-5-9-25/h3-6,8-11,16-17,26,30-32H,7,12-15,18-24,42-43H2,1-2H3,(H,44,53)(H,45,49)(H,46,52)(H,50,51)(H,56,57)/t26-,30-,31+,32+/m0/s1. The highest BCUT2D eigenvalue weighted by Gasteiger charge is 2.35. The SMILES string of the molecule is CN(C)c1ccc2c3c(cccc13)C(=O)N(CC[C@@H](NC(=O)[C@@H](N)CC[Si]C[C@@H](N)CCc1ccccc1)C(=O)NCC[C@@H](NC(=O)CCCC(=O)O)C(=O)O)C2=O. The number of hydrogen-bond acceptors (Lipinski definition) is 10. The van der Waals surface area contributed by atoms with E-state index in [0.717, 1.165) is 34.9 Å². The Kier molecular flexibility index (Phi) is 16.9. The highest BCUT2D eigenvalue weighted by atomic mass is 28.2. The maximum Gasteiger partial charge on any atom is 0.326 e. The summed E-state index contributed by atoms with van der Waals surface area (Å²) in [6.07, 6.45) is 1.20. The van der Waals surface area contributed by atoms with Crippen LogP contribution in [0.2, 0.25) is 12.1 Å². The largest absolute Gasteiger partial charge is 0.481 e. The Balaban J connectivity index is 1.39. The number of rotatable bonds is 24. The summed E-state index contributed by atoms with van der Waals surface area (Å²) in [5, 5.41) is 27.3. The molecule has 1 aliphatic heterocycles. The van der Waals surface area contributed by atoms with Gasteiger partial charge in [-0.1, -0.05) is 48.5 Å². The second-order valence-corrected chi connectivity index (χ2v) is 15.9. The summed E-state index contributed by atoms with van der Waals surface area (Å²) in [6, 6.07) is 16.5. The van der Waals surface area contributed by atoms with Gasteiger partial charge in [0.25, 0.3) is 11.8 Å². The van der Waals surface area contributed by atoms with E-state index in [1.54, 1.807) is 24.3 Å². The Hall–Kier alpha value is -5.65. The number of hydrogen-bond donors (Lipinski definition) is 7. The first-order valence-electron chi connectivity index (χ1n) is 19.3. The number of imide groups is 1. The second-order valence-electron chi connectivity index (χ2n) is 14.5. The van der Waals surface area contributed by atoms with E-state index in [1.807, 2.05) is 43.3 Å². The van der Waals surface area contributed by atoms with Crippen molar-refractivity contribution in [2.45, 2.75) is 87.6 Å². The van der Waals surface area contributed by atoms with Crippen molar-refractivity contribution in [3.05, 3.63) is 77.4 Å². The van der Waals surface area contributed by atoms with Gasteiger partial charge in [0, 0.05) is 83.2 Å². The van der Waals surface area contributed by atoms with Gasteiger partial charge in [-0.3, -0.25) is 33.7 Å². The first-order chi connectivity index (χ1) is 27.7. The summed E-state index contributed by atoms with van der Waals surface area (Å²) in [5.41, 5.74) is 15.3. The highest BCUT2D eigenvalue weighted by Crippen LogP contribution is 2.35. The lowest BCUT2D eigenvalue weighted by molar-refractivity contribution is -0.142. The number of anilines is 1. The average Bonchev–Trinajstić information content (AvgIpc) is 3.19. The molecule has 2 radical (unpaired) electrons. The van der Waals surface area contributed by atoms with Crippen LogP contribution in [-0.4, -0.2) is 117 Å². The van der Waals surface area contributed by atoms with Crippen LogP contribution in [0.5, 0.6) is 0 Å². The number of carboxylic acids is 2. The van der Waals surface area contributed by atoms with Crippen LogP contribution in [-0.2, 0) is 30.4 Å². The minimum absolute atomic E-state index is 0.00293. The molecule has 16 nitrogen and oxygen atoms in total. The van der Waals surface area contributed by atoms with Crippen molar-refractivity contribution in [3.63, 3.8) is 0 Å². The van der Waals surface area contributed by atoms with E-state index in [1.165, 1.54) is 5.56 Å². The van der Waals surface area contributed by atoms with E-state index >= 15 is 0 Å². The first kappa shape index (κ1) is 45.1. The molecule has 0 aliphatic carbocycles. The Labute approximate surface area is 339 Å². The monoisotopic (exact) mass is 815 g/mol. The molecule has 1 aliphatic rings. The summed E-state index contributed by atoms with van der Waals surface area (Å²) in [6.45, 7) is -0.455. The fourth-order valence-electron chi connectivity index (χ4n) is 6.69. The molecular weight excluding hydrogens is 763 g/mol. The lowest BCUT2D eigenvalue weighted by atomic mass is 9.92. The molecule has 4 atom stereocenters. The fourth-order valence-corrected chi connectivity index (χ4v) is 7.99. The predicted molar refractivity (Wildman–Crippen MR) is 220 cm³/mol. The zero-order valence-corrected chi connectivity index (χ0v) is 33.9. The Morgan fingerprint density at radius 3 is 2.17 bits per heavy atom. The predicted octanol–water partition coefficient (Wildman–Crippen LogP) is 1.93. The molecule has 0 bridgehead atoms. The van der Waals surface area contributed by atoms with Crippen molar-refractivity contribution < 1.29 is 43.8 Å². The molecule has 0 saturated carbocycles. The van der Waals surface area contributed by atoms with E-state index in [2.05, 4.69) is 28.1 Å². The molecule has 310 valence electrons. The van der Waals surface area contributed by atoms with Crippen molar-refractivity contribution in [2.75, 3.05) is 32.1 Å². The summed E-state index contributed by atoms with van der Waals surface area (Å²) in [7, 11) is 4.19. The van der Waals surface area contributed by atoms with Crippen molar-refractivity contribution in [1.82, 2.24) is 20.9 Å². The zero-order chi connectivity index (χ0) is 42.4. The molecule has 4 rings (SSSR count). The molecule has 1 heterocycles. The molecular formula is C41H53N7O9Si. The van der Waals surface area contributed by atoms with Gasteiger partial charge in [-0.25, -0.2) is 4.79 Å². The van der Waals surface area contributed by atoms with Crippen LogP contribution in [0.15, 0.2) is 60.7 Å². The normalized spacial score (nSPS) is 14.3. The van der Waals surface area contributed by atoms with E-state index < -0.39 is 59.6 Å². The number of nitrogens with two attached hydrogens (primary N) is 2. The van der Waals surface area contributed by atoms with Crippen LogP contribution >= 0.6 is 0 Å².